The summed E-state index contributed by atoms with van der Waals surface area (Å²) in [7, 11) is 0. The molecule has 0 aromatic heterocycles. The van der Waals surface area contributed by atoms with Gasteiger partial charge in [-0.15, -0.1) is 0 Å². The highest BCUT2D eigenvalue weighted by molar-refractivity contribution is 9.10. The minimum absolute atomic E-state index is 0.133. The molecule has 0 fully saturated rings. The van der Waals surface area contributed by atoms with Crippen molar-refractivity contribution in [2.75, 3.05) is 0 Å². The van der Waals surface area contributed by atoms with Gasteiger partial charge in [0, 0.05) is 10.9 Å². The van der Waals surface area contributed by atoms with E-state index in [0.717, 1.165) is 15.6 Å². The van der Waals surface area contributed by atoms with Gasteiger partial charge < -0.3 is 10.4 Å². The van der Waals surface area contributed by atoms with E-state index in [4.69, 9.17) is 5.11 Å². The van der Waals surface area contributed by atoms with Gasteiger partial charge in [-0.2, -0.15) is 0 Å². The molecule has 110 valence electrons. The lowest BCUT2D eigenvalue weighted by atomic mass is 10.0. The van der Waals surface area contributed by atoms with Crippen LogP contribution in [0.25, 0.3) is 0 Å². The molecule has 5 heteroatoms. The lowest BCUT2D eigenvalue weighted by Gasteiger charge is -2.17. The van der Waals surface area contributed by atoms with E-state index in [1.165, 1.54) is 0 Å². The fourth-order valence-electron chi connectivity index (χ4n) is 1.88. The van der Waals surface area contributed by atoms with Crippen molar-refractivity contribution in [3.63, 3.8) is 0 Å². The third-order valence-electron chi connectivity index (χ3n) is 3.11. The number of aryl methyl sites for hydroxylation is 2. The number of aliphatic carboxylic acids is 1. The maximum atomic E-state index is 11.8. The van der Waals surface area contributed by atoms with Gasteiger partial charge >= 0.3 is 5.97 Å². The smallest absolute Gasteiger partial charge is 0.326 e. The van der Waals surface area contributed by atoms with E-state index in [-0.39, 0.29) is 18.2 Å². The van der Waals surface area contributed by atoms with Crippen LogP contribution in [0.1, 0.15) is 31.4 Å². The van der Waals surface area contributed by atoms with Crippen LogP contribution in [0, 0.1) is 12.8 Å². The van der Waals surface area contributed by atoms with Gasteiger partial charge in [0.2, 0.25) is 5.91 Å². The van der Waals surface area contributed by atoms with Gasteiger partial charge in [-0.25, -0.2) is 4.79 Å². The van der Waals surface area contributed by atoms with Crippen LogP contribution >= 0.6 is 15.9 Å². The van der Waals surface area contributed by atoms with E-state index in [1.54, 1.807) is 13.8 Å². The van der Waals surface area contributed by atoms with Crippen LogP contribution in [0.5, 0.6) is 0 Å². The molecule has 0 aliphatic carbocycles. The van der Waals surface area contributed by atoms with Gasteiger partial charge in [0.05, 0.1) is 0 Å². The number of rotatable bonds is 6. The fraction of sp³-hybridized carbons (Fsp3) is 0.467. The minimum atomic E-state index is -0.993. The van der Waals surface area contributed by atoms with E-state index in [0.29, 0.717) is 6.42 Å². The Hall–Kier alpha value is -1.36. The van der Waals surface area contributed by atoms with Crippen molar-refractivity contribution >= 4 is 27.8 Å². The molecule has 1 aromatic carbocycles. The highest BCUT2D eigenvalue weighted by atomic mass is 79.9. The summed E-state index contributed by atoms with van der Waals surface area (Å²) < 4.78 is 1.04. The lowest BCUT2D eigenvalue weighted by molar-refractivity contribution is -0.143. The molecule has 0 saturated carbocycles. The lowest BCUT2D eigenvalue weighted by Crippen LogP contribution is -2.44. The molecular weight excluding hydrogens is 322 g/mol. The number of carboxylic acids is 1. The van der Waals surface area contributed by atoms with Gasteiger partial charge in [-0.1, -0.05) is 41.9 Å². The molecule has 0 aliphatic heterocycles. The Morgan fingerprint density at radius 3 is 2.50 bits per heavy atom. The normalized spacial score (nSPS) is 12.2. The Kier molecular flexibility index (Phi) is 6.20. The molecule has 0 spiro atoms. The molecule has 0 saturated heterocycles. The second-order valence-electron chi connectivity index (χ2n) is 5.21. The summed E-state index contributed by atoms with van der Waals surface area (Å²) in [5.74, 6) is -1.36. The van der Waals surface area contributed by atoms with Gasteiger partial charge in [-0.3, -0.25) is 4.79 Å². The van der Waals surface area contributed by atoms with Crippen LogP contribution in [0.2, 0.25) is 0 Å². The van der Waals surface area contributed by atoms with Gasteiger partial charge in [0.1, 0.15) is 6.04 Å². The van der Waals surface area contributed by atoms with E-state index in [2.05, 4.69) is 21.2 Å². The number of carboxylic acid groups (broad SMARTS) is 1. The summed E-state index contributed by atoms with van der Waals surface area (Å²) >= 11 is 3.43. The molecule has 1 rings (SSSR count). The topological polar surface area (TPSA) is 66.4 Å². The molecule has 4 nitrogen and oxygen atoms in total. The van der Waals surface area contributed by atoms with Crippen molar-refractivity contribution in [3.8, 4) is 0 Å². The second-order valence-corrected chi connectivity index (χ2v) is 6.07. The summed E-state index contributed by atoms with van der Waals surface area (Å²) in [4.78, 5) is 22.8. The number of nitrogens with one attached hydrogen (secondary N) is 1. The van der Waals surface area contributed by atoms with Crippen molar-refractivity contribution in [3.05, 3.63) is 33.8 Å². The zero-order valence-electron chi connectivity index (χ0n) is 11.9. The first-order valence-electron chi connectivity index (χ1n) is 6.58. The molecule has 20 heavy (non-hydrogen) atoms. The van der Waals surface area contributed by atoms with Gasteiger partial charge in [0.25, 0.3) is 0 Å². The summed E-state index contributed by atoms with van der Waals surface area (Å²) in [5, 5.41) is 11.6. The fourth-order valence-corrected chi connectivity index (χ4v) is 2.13. The van der Waals surface area contributed by atoms with Crippen molar-refractivity contribution in [2.24, 2.45) is 5.92 Å². The minimum Gasteiger partial charge on any atom is -0.480 e. The summed E-state index contributed by atoms with van der Waals surface area (Å²) in [5.41, 5.74) is 2.19. The number of amides is 1. The third kappa shape index (κ3) is 4.96. The molecule has 1 atom stereocenters. The summed E-state index contributed by atoms with van der Waals surface area (Å²) in [6.45, 7) is 5.54. The number of carbonyl (C=O) groups excluding carboxylic acids is 1. The molecular formula is C15H20BrNO3. The Labute approximate surface area is 127 Å². The zero-order chi connectivity index (χ0) is 15.3. The first-order chi connectivity index (χ1) is 9.31. The third-order valence-corrected chi connectivity index (χ3v) is 4.00. The van der Waals surface area contributed by atoms with Crippen molar-refractivity contribution in [1.29, 1.82) is 0 Å². The van der Waals surface area contributed by atoms with Crippen LogP contribution in [0.3, 0.4) is 0 Å². The van der Waals surface area contributed by atoms with E-state index in [9.17, 15) is 9.59 Å². The molecule has 0 bridgehead atoms. The maximum Gasteiger partial charge on any atom is 0.326 e. The van der Waals surface area contributed by atoms with Crippen molar-refractivity contribution in [1.82, 2.24) is 5.32 Å². The van der Waals surface area contributed by atoms with E-state index < -0.39 is 12.0 Å². The van der Waals surface area contributed by atoms with E-state index >= 15 is 0 Å². The largest absolute Gasteiger partial charge is 0.480 e. The van der Waals surface area contributed by atoms with Crippen LogP contribution < -0.4 is 5.32 Å². The molecule has 0 aliphatic rings. The Bertz CT molecular complexity index is 500. The monoisotopic (exact) mass is 341 g/mol. The molecule has 0 unspecified atom stereocenters. The van der Waals surface area contributed by atoms with E-state index in [1.807, 2.05) is 25.1 Å². The molecule has 0 radical (unpaired) electrons. The highest BCUT2D eigenvalue weighted by Crippen LogP contribution is 2.18. The predicted octanol–water partition coefficient (Wildman–Crippen LogP) is 2.92. The molecule has 0 heterocycles. The van der Waals surface area contributed by atoms with Crippen LogP contribution in [-0.4, -0.2) is 23.0 Å². The quantitative estimate of drug-likeness (QED) is 0.835. The number of benzene rings is 1. The average Bonchev–Trinajstić information content (AvgIpc) is 2.36. The maximum absolute atomic E-state index is 11.8. The molecule has 1 aromatic rings. The number of carbonyl (C=O) groups is 2. The summed E-state index contributed by atoms with van der Waals surface area (Å²) in [6.07, 6.45) is 0.891. The van der Waals surface area contributed by atoms with Gasteiger partial charge in [0.15, 0.2) is 0 Å². The first kappa shape index (κ1) is 16.7. The number of halogens is 1. The number of hydrogen-bond donors (Lipinski definition) is 2. The van der Waals surface area contributed by atoms with Gasteiger partial charge in [-0.05, 0) is 36.5 Å². The standard InChI is InChI=1S/C15H20BrNO3/c1-9(2)14(15(19)20)17-13(18)7-5-11-4-6-12(16)10(3)8-11/h4,6,8-9,14H,5,7H2,1-3H3,(H,17,18)(H,19,20)/t14-/m1/s1. The average molecular weight is 342 g/mol. The van der Waals surface area contributed by atoms with Crippen LogP contribution in [-0.2, 0) is 16.0 Å². The Balaban J connectivity index is 2.54. The second kappa shape index (κ2) is 7.43. The highest BCUT2D eigenvalue weighted by Gasteiger charge is 2.22. The SMILES string of the molecule is Cc1cc(CCC(=O)N[C@@H](C(=O)O)C(C)C)ccc1Br. The number of hydrogen-bond acceptors (Lipinski definition) is 2. The summed E-state index contributed by atoms with van der Waals surface area (Å²) in [6, 6.07) is 5.11. The predicted molar refractivity (Wildman–Crippen MR) is 81.6 cm³/mol. The zero-order valence-corrected chi connectivity index (χ0v) is 13.5. The molecule has 1 amide bonds. The Morgan fingerprint density at radius 1 is 1.35 bits per heavy atom. The van der Waals surface area contributed by atoms with Crippen LogP contribution in [0.4, 0.5) is 0 Å². The van der Waals surface area contributed by atoms with Crippen LogP contribution in [0.15, 0.2) is 22.7 Å². The molecule has 2 N–H and O–H groups in total. The first-order valence-corrected chi connectivity index (χ1v) is 7.37. The van der Waals surface area contributed by atoms with Crippen molar-refractivity contribution < 1.29 is 14.7 Å². The Morgan fingerprint density at radius 2 is 2.00 bits per heavy atom. The van der Waals surface area contributed by atoms with Crippen molar-refractivity contribution in [2.45, 2.75) is 39.7 Å².